The van der Waals surface area contributed by atoms with Gasteiger partial charge in [0.25, 0.3) is 5.89 Å². The van der Waals surface area contributed by atoms with E-state index >= 15 is 0 Å². The van der Waals surface area contributed by atoms with E-state index in [-0.39, 0.29) is 22.6 Å². The summed E-state index contributed by atoms with van der Waals surface area (Å²) in [6.45, 7) is 0. The van der Waals surface area contributed by atoms with E-state index in [4.69, 9.17) is 4.42 Å². The molecule has 0 aliphatic carbocycles. The lowest BCUT2D eigenvalue weighted by Gasteiger charge is -2.13. The standard InChI is InChI=1S/C17H8F3N5OS/c18-17(19,20)11-5-12(9-3-4-27-7-9)23-15-10(11)1-2-14-22-13(6-25(14)15)16-24-21-8-26-16/h1-8H. The first-order valence-corrected chi connectivity index (χ1v) is 8.64. The molecule has 5 aromatic heterocycles. The molecule has 0 radical (unpaired) electrons. The van der Waals surface area contributed by atoms with Crippen LogP contribution in [-0.2, 0) is 6.18 Å². The van der Waals surface area contributed by atoms with Crippen LogP contribution in [0.5, 0.6) is 0 Å². The number of pyridine rings is 2. The third-order valence-corrected chi connectivity index (χ3v) is 4.78. The Morgan fingerprint density at radius 3 is 2.67 bits per heavy atom. The van der Waals surface area contributed by atoms with Crippen molar-refractivity contribution in [3.8, 4) is 22.8 Å². The van der Waals surface area contributed by atoms with Gasteiger partial charge in [-0.15, -0.1) is 10.2 Å². The molecule has 5 aromatic rings. The molecule has 10 heteroatoms. The Balaban J connectivity index is 1.86. The summed E-state index contributed by atoms with van der Waals surface area (Å²) in [5, 5.41) is 10.9. The van der Waals surface area contributed by atoms with Gasteiger partial charge < -0.3 is 4.42 Å². The van der Waals surface area contributed by atoms with Crippen molar-refractivity contribution in [1.82, 2.24) is 24.6 Å². The fourth-order valence-corrected chi connectivity index (χ4v) is 3.56. The Bertz CT molecular complexity index is 1260. The summed E-state index contributed by atoms with van der Waals surface area (Å²) in [5.74, 6) is 0.178. The van der Waals surface area contributed by atoms with Gasteiger partial charge in [0.1, 0.15) is 17.0 Å². The lowest BCUT2D eigenvalue weighted by atomic mass is 10.1. The molecule has 0 bridgehead atoms. The van der Waals surface area contributed by atoms with Crippen molar-refractivity contribution in [2.45, 2.75) is 6.18 Å². The number of halogens is 3. The lowest BCUT2D eigenvalue weighted by molar-refractivity contribution is -0.136. The van der Waals surface area contributed by atoms with E-state index in [0.717, 1.165) is 12.5 Å². The highest BCUT2D eigenvalue weighted by molar-refractivity contribution is 7.08. The van der Waals surface area contributed by atoms with E-state index < -0.39 is 11.7 Å². The van der Waals surface area contributed by atoms with Gasteiger partial charge in [-0.3, -0.25) is 4.40 Å². The Labute approximate surface area is 152 Å². The maximum atomic E-state index is 13.7. The quantitative estimate of drug-likeness (QED) is 0.440. The van der Waals surface area contributed by atoms with Gasteiger partial charge in [-0.25, -0.2) is 9.97 Å². The number of aromatic nitrogens is 5. The minimum absolute atomic E-state index is 0.0107. The summed E-state index contributed by atoms with van der Waals surface area (Å²) in [6.07, 6.45) is -1.82. The molecular weight excluding hydrogens is 379 g/mol. The minimum Gasteiger partial charge on any atom is -0.422 e. The molecule has 0 N–H and O–H groups in total. The summed E-state index contributed by atoms with van der Waals surface area (Å²) in [6, 6.07) is 5.69. The normalized spacial score (nSPS) is 12.3. The molecular formula is C17H8F3N5OS. The van der Waals surface area contributed by atoms with Gasteiger partial charge in [0, 0.05) is 22.5 Å². The molecule has 0 saturated heterocycles. The molecule has 5 heterocycles. The second-order valence-electron chi connectivity index (χ2n) is 5.73. The fraction of sp³-hybridized carbons (Fsp3) is 0.0588. The topological polar surface area (TPSA) is 69.1 Å². The minimum atomic E-state index is -4.52. The van der Waals surface area contributed by atoms with E-state index in [0.29, 0.717) is 16.9 Å². The summed E-state index contributed by atoms with van der Waals surface area (Å²) < 4.78 is 47.7. The van der Waals surface area contributed by atoms with Crippen LogP contribution >= 0.6 is 11.3 Å². The van der Waals surface area contributed by atoms with Crippen molar-refractivity contribution in [2.24, 2.45) is 0 Å². The van der Waals surface area contributed by atoms with Crippen molar-refractivity contribution < 1.29 is 17.6 Å². The molecule has 5 rings (SSSR count). The highest BCUT2D eigenvalue weighted by atomic mass is 32.1. The number of hydrogen-bond donors (Lipinski definition) is 0. The van der Waals surface area contributed by atoms with Gasteiger partial charge in [0.2, 0.25) is 6.39 Å². The maximum absolute atomic E-state index is 13.7. The highest BCUT2D eigenvalue weighted by Crippen LogP contribution is 2.37. The molecule has 0 aliphatic heterocycles. The molecule has 0 aromatic carbocycles. The van der Waals surface area contributed by atoms with Crippen molar-refractivity contribution in [3.05, 3.63) is 53.2 Å². The number of alkyl halides is 3. The van der Waals surface area contributed by atoms with E-state index in [1.165, 1.54) is 34.1 Å². The van der Waals surface area contributed by atoms with Gasteiger partial charge in [-0.2, -0.15) is 24.5 Å². The predicted molar refractivity (Wildman–Crippen MR) is 92.1 cm³/mol. The van der Waals surface area contributed by atoms with Crippen LogP contribution in [0, 0.1) is 0 Å². The Hall–Kier alpha value is -3.27. The van der Waals surface area contributed by atoms with Crippen LogP contribution in [-0.4, -0.2) is 24.6 Å². The molecule has 0 spiro atoms. The summed E-state index contributed by atoms with van der Waals surface area (Å²) in [5.41, 5.74) is 1.07. The lowest BCUT2D eigenvalue weighted by Crippen LogP contribution is -2.08. The first-order chi connectivity index (χ1) is 13.0. The van der Waals surface area contributed by atoms with E-state index in [9.17, 15) is 13.2 Å². The molecule has 0 unspecified atom stereocenters. The van der Waals surface area contributed by atoms with Crippen LogP contribution in [0.15, 0.2) is 52.0 Å². The first-order valence-electron chi connectivity index (χ1n) is 7.70. The zero-order chi connectivity index (χ0) is 18.6. The number of hydrogen-bond acceptors (Lipinski definition) is 6. The molecule has 27 heavy (non-hydrogen) atoms. The van der Waals surface area contributed by atoms with Crippen LogP contribution in [0.3, 0.4) is 0 Å². The first kappa shape index (κ1) is 15.9. The Kier molecular flexibility index (Phi) is 3.31. The number of rotatable bonds is 2. The molecule has 0 fully saturated rings. The second kappa shape index (κ2) is 5.61. The molecule has 0 amide bonds. The van der Waals surface area contributed by atoms with Gasteiger partial charge in [0.15, 0.2) is 0 Å². The van der Waals surface area contributed by atoms with Crippen molar-refractivity contribution >= 4 is 28.0 Å². The van der Waals surface area contributed by atoms with Gasteiger partial charge in [-0.05, 0) is 29.6 Å². The monoisotopic (exact) mass is 387 g/mol. The van der Waals surface area contributed by atoms with Crippen molar-refractivity contribution in [3.63, 3.8) is 0 Å². The molecule has 0 atom stereocenters. The Morgan fingerprint density at radius 2 is 1.96 bits per heavy atom. The molecule has 0 aliphatic rings. The summed E-state index contributed by atoms with van der Waals surface area (Å²) in [7, 11) is 0. The van der Waals surface area contributed by atoms with E-state index in [1.54, 1.807) is 16.8 Å². The average Bonchev–Trinajstić information content (AvgIpc) is 3.40. The van der Waals surface area contributed by atoms with Gasteiger partial charge >= 0.3 is 6.18 Å². The van der Waals surface area contributed by atoms with Crippen molar-refractivity contribution in [1.29, 1.82) is 0 Å². The maximum Gasteiger partial charge on any atom is 0.417 e. The SMILES string of the molecule is FC(F)(F)c1cc(-c2ccsc2)nc2c1ccc1nc(-c3nnco3)cn12. The average molecular weight is 387 g/mol. The van der Waals surface area contributed by atoms with Gasteiger partial charge in [-0.1, -0.05) is 0 Å². The molecule has 6 nitrogen and oxygen atoms in total. The molecule has 134 valence electrons. The number of imidazole rings is 1. The number of fused-ring (bicyclic) bond motifs is 3. The third-order valence-electron chi connectivity index (χ3n) is 4.10. The van der Waals surface area contributed by atoms with E-state index in [2.05, 4.69) is 20.2 Å². The fourth-order valence-electron chi connectivity index (χ4n) is 2.91. The third kappa shape index (κ3) is 2.56. The van der Waals surface area contributed by atoms with Crippen LogP contribution in [0.2, 0.25) is 0 Å². The van der Waals surface area contributed by atoms with Crippen LogP contribution in [0.4, 0.5) is 13.2 Å². The van der Waals surface area contributed by atoms with Crippen molar-refractivity contribution in [2.75, 3.05) is 0 Å². The summed E-state index contributed by atoms with van der Waals surface area (Å²) in [4.78, 5) is 8.81. The number of nitrogens with zero attached hydrogens (tertiary/aromatic N) is 5. The van der Waals surface area contributed by atoms with Crippen LogP contribution in [0.1, 0.15) is 5.56 Å². The van der Waals surface area contributed by atoms with Crippen LogP contribution < -0.4 is 0 Å². The zero-order valence-electron chi connectivity index (χ0n) is 13.3. The summed E-state index contributed by atoms with van der Waals surface area (Å²) >= 11 is 1.39. The van der Waals surface area contributed by atoms with Gasteiger partial charge in [0.05, 0.1) is 11.3 Å². The predicted octanol–water partition coefficient (Wildman–Crippen LogP) is 4.68. The largest absolute Gasteiger partial charge is 0.422 e. The molecule has 0 saturated carbocycles. The highest BCUT2D eigenvalue weighted by Gasteiger charge is 2.34. The Morgan fingerprint density at radius 1 is 1.07 bits per heavy atom. The van der Waals surface area contributed by atoms with Crippen LogP contribution in [0.25, 0.3) is 39.5 Å². The second-order valence-corrected chi connectivity index (χ2v) is 6.51. The number of thiophene rings is 1. The van der Waals surface area contributed by atoms with E-state index in [1.807, 2.05) is 0 Å². The smallest absolute Gasteiger partial charge is 0.417 e. The zero-order valence-corrected chi connectivity index (χ0v) is 14.1.